The summed E-state index contributed by atoms with van der Waals surface area (Å²) in [5.74, 6) is -14.6. The number of phenols is 1. The number of para-hydroxylation sites is 1. The van der Waals surface area contributed by atoms with Crippen molar-refractivity contribution in [2.24, 2.45) is 17.6 Å². The van der Waals surface area contributed by atoms with E-state index >= 15 is 19.2 Å². The number of primary amides is 1. The number of hydrogen-bond donors (Lipinski definition) is 16. The highest BCUT2D eigenvalue weighted by molar-refractivity contribution is 6.04. The van der Waals surface area contributed by atoms with Crippen molar-refractivity contribution in [3.8, 4) is 5.75 Å². The van der Waals surface area contributed by atoms with E-state index in [2.05, 4.69) is 63.7 Å². The summed E-state index contributed by atoms with van der Waals surface area (Å²) in [6.45, 7) is 13.5. The molecule has 112 heavy (non-hydrogen) atoms. The number of aromatic nitrogens is 1. The maximum atomic E-state index is 15.4. The number of rotatable bonds is 26. The summed E-state index contributed by atoms with van der Waals surface area (Å²) in [7, 11) is 0. The number of carbonyl (C=O) groups is 14. The number of nitrogens with two attached hydrogens (primary N) is 1. The number of nitrogens with one attached hydrogen (secondary N) is 12. The SMILES string of the molecule is CC(=O)N[C@@H](CC(C)C)C(=O)N[C@H](C(=O)N[C@@H](Cc1ccc(F)c(F)c1)C(=O)N[C@]1(C)CCCCCC/C=C/CCC[C@@](C)(C=O)NC(=O)[C@H](CCC(C)C)NN[C@@H](CCC(N)=O)C(=O)CC(=O)[C@H](C)NCC(=O)[C@H](Cc2c[nH]c3ccccc23)NC(=O)[C@H](Cc2ccc(O)cc2)NC(=O)[C@H](CCC(=O)O)NC1=O)[C@@H](C)O. The molecule has 0 spiro atoms. The molecule has 0 fully saturated rings. The van der Waals surface area contributed by atoms with Crippen molar-refractivity contribution in [2.75, 3.05) is 6.54 Å². The minimum absolute atomic E-state index is 0.0537. The van der Waals surface area contributed by atoms with Gasteiger partial charge in [0, 0.05) is 56.1 Å². The van der Waals surface area contributed by atoms with Gasteiger partial charge in [0.2, 0.25) is 53.2 Å². The Morgan fingerprint density at radius 3 is 1.94 bits per heavy atom. The smallest absolute Gasteiger partial charge is 0.303 e. The van der Waals surface area contributed by atoms with Crippen molar-refractivity contribution in [3.05, 3.63) is 113 Å². The number of carbonyl (C=O) groups excluding carboxylic acids is 13. The molecule has 0 saturated heterocycles. The summed E-state index contributed by atoms with van der Waals surface area (Å²) in [5, 5.41) is 55.9. The number of benzene rings is 3. The number of aliphatic carboxylic acids is 1. The summed E-state index contributed by atoms with van der Waals surface area (Å²) < 4.78 is 29.4. The van der Waals surface area contributed by atoms with Crippen LogP contribution in [-0.4, -0.2) is 181 Å². The molecule has 0 unspecified atom stereocenters. The normalized spacial score (nSPS) is 23.2. The van der Waals surface area contributed by atoms with Gasteiger partial charge in [-0.15, -0.1) is 0 Å². The highest BCUT2D eigenvalue weighted by atomic mass is 19.2. The summed E-state index contributed by atoms with van der Waals surface area (Å²) in [6.07, 6.45) is 4.82. The molecule has 1 aromatic heterocycles. The molecule has 12 atom stereocenters. The van der Waals surface area contributed by atoms with Gasteiger partial charge in [0.05, 0.1) is 48.8 Å². The number of Topliss-reactive ketones (excluding diaryl/α,β-unsaturated/α-hetero) is 3. The number of aromatic amines is 1. The van der Waals surface area contributed by atoms with Crippen LogP contribution in [0.25, 0.3) is 10.9 Å². The number of fused-ring (bicyclic) bond motifs is 1. The van der Waals surface area contributed by atoms with E-state index in [0.29, 0.717) is 73.3 Å². The second kappa shape index (κ2) is 45.4. The van der Waals surface area contributed by atoms with Crippen molar-refractivity contribution < 1.29 is 91.2 Å². The molecule has 614 valence electrons. The number of halogens is 2. The zero-order chi connectivity index (χ0) is 83.0. The monoisotopic (exact) mass is 1570 g/mol. The summed E-state index contributed by atoms with van der Waals surface area (Å²) >= 11 is 0. The van der Waals surface area contributed by atoms with Crippen LogP contribution >= 0.6 is 0 Å². The third-order valence-electron chi connectivity index (χ3n) is 19.5. The van der Waals surface area contributed by atoms with Crippen LogP contribution in [0.2, 0.25) is 0 Å². The average molecular weight is 1570 g/mol. The van der Waals surface area contributed by atoms with Gasteiger partial charge in [-0.25, -0.2) is 19.6 Å². The Kier molecular flexibility index (Phi) is 37.4. The number of aliphatic hydroxyl groups excluding tert-OH is 1. The highest BCUT2D eigenvalue weighted by Gasteiger charge is 2.42. The van der Waals surface area contributed by atoms with Crippen LogP contribution in [0.15, 0.2) is 85.1 Å². The molecule has 0 bridgehead atoms. The van der Waals surface area contributed by atoms with Crippen LogP contribution in [0.1, 0.15) is 188 Å². The number of aromatic hydroxyl groups is 1. The predicted molar refractivity (Wildman–Crippen MR) is 412 cm³/mol. The van der Waals surface area contributed by atoms with Crippen molar-refractivity contribution in [1.82, 2.24) is 63.7 Å². The van der Waals surface area contributed by atoms with Crippen LogP contribution in [0.5, 0.6) is 5.75 Å². The predicted octanol–water partition coefficient (Wildman–Crippen LogP) is 4.04. The quantitative estimate of drug-likeness (QED) is 0.0240. The first kappa shape index (κ1) is 92.4. The van der Waals surface area contributed by atoms with Gasteiger partial charge in [0.1, 0.15) is 47.8 Å². The Balaban J connectivity index is 1.60. The minimum Gasteiger partial charge on any atom is -0.508 e. The fourth-order valence-corrected chi connectivity index (χ4v) is 12.8. The van der Waals surface area contributed by atoms with Gasteiger partial charge in [-0.2, -0.15) is 0 Å². The molecule has 0 aliphatic carbocycles. The third kappa shape index (κ3) is 31.2. The lowest BCUT2D eigenvalue weighted by molar-refractivity contribution is -0.140. The number of H-pyrrole nitrogens is 1. The van der Waals surface area contributed by atoms with E-state index < -0.39 is 192 Å². The molecule has 32 heteroatoms. The molecule has 3 aromatic carbocycles. The Morgan fingerprint density at radius 1 is 0.652 bits per heavy atom. The number of ketones is 3. The molecular formula is C80H113F2N13O17. The van der Waals surface area contributed by atoms with Gasteiger partial charge in [-0.05, 0) is 157 Å². The Labute approximate surface area is 651 Å². The number of carboxylic acids is 1. The largest absolute Gasteiger partial charge is 0.508 e. The minimum atomic E-state index is -2.12. The number of hydrogen-bond acceptors (Lipinski definition) is 19. The van der Waals surface area contributed by atoms with Crippen LogP contribution in [0.3, 0.4) is 0 Å². The fourth-order valence-electron chi connectivity index (χ4n) is 12.8. The van der Waals surface area contributed by atoms with E-state index in [0.717, 1.165) is 18.2 Å². The van der Waals surface area contributed by atoms with Crippen LogP contribution < -0.4 is 64.4 Å². The molecule has 30 nitrogen and oxygen atoms in total. The van der Waals surface area contributed by atoms with Crippen molar-refractivity contribution in [2.45, 2.75) is 262 Å². The lowest BCUT2D eigenvalue weighted by Crippen LogP contribution is -2.65. The summed E-state index contributed by atoms with van der Waals surface area (Å²) in [6, 6.07) is 2.00. The topological polar surface area (TPSA) is 474 Å². The van der Waals surface area contributed by atoms with E-state index in [1.54, 1.807) is 51.2 Å². The third-order valence-corrected chi connectivity index (χ3v) is 19.5. The summed E-state index contributed by atoms with van der Waals surface area (Å²) in [5.41, 5.74) is 9.35. The van der Waals surface area contributed by atoms with Gasteiger partial charge in [0.15, 0.2) is 29.0 Å². The van der Waals surface area contributed by atoms with Gasteiger partial charge >= 0.3 is 5.97 Å². The van der Waals surface area contributed by atoms with Gasteiger partial charge in [-0.1, -0.05) is 95.5 Å². The van der Waals surface area contributed by atoms with Crippen LogP contribution in [0.4, 0.5) is 8.78 Å². The molecule has 4 aromatic rings. The number of carboxylic acid groups (broad SMARTS) is 1. The van der Waals surface area contributed by atoms with E-state index in [1.165, 1.54) is 52.0 Å². The molecule has 1 aliphatic heterocycles. The summed E-state index contributed by atoms with van der Waals surface area (Å²) in [4.78, 5) is 199. The molecular weight excluding hydrogens is 1450 g/mol. The molecule has 17 N–H and O–H groups in total. The maximum absolute atomic E-state index is 15.4. The van der Waals surface area contributed by atoms with E-state index in [1.807, 2.05) is 26.0 Å². The number of allylic oxidation sites excluding steroid dienone is 2. The molecule has 2 heterocycles. The van der Waals surface area contributed by atoms with Crippen LogP contribution in [-0.2, 0) is 86.4 Å². The number of aliphatic hydroxyl groups is 1. The lowest BCUT2D eigenvalue weighted by Gasteiger charge is -2.34. The van der Waals surface area contributed by atoms with Crippen LogP contribution in [0, 0.1) is 23.5 Å². The van der Waals surface area contributed by atoms with Gasteiger partial charge < -0.3 is 78.7 Å². The Hall–Kier alpha value is -10.2. The highest BCUT2D eigenvalue weighted by Crippen LogP contribution is 2.24. The second-order valence-corrected chi connectivity index (χ2v) is 30.3. The number of phenolic OH excluding ortho intramolecular Hbond substituents is 1. The van der Waals surface area contributed by atoms with Crippen molar-refractivity contribution in [3.63, 3.8) is 0 Å². The molecule has 1 aliphatic rings. The maximum Gasteiger partial charge on any atom is 0.303 e. The number of hydrazine groups is 1. The first-order valence-corrected chi connectivity index (χ1v) is 38.2. The average Bonchev–Trinajstić information content (AvgIpc) is 1.57. The number of aldehydes is 1. The Bertz CT molecular complexity index is 3950. The van der Waals surface area contributed by atoms with E-state index in [4.69, 9.17) is 5.73 Å². The zero-order valence-corrected chi connectivity index (χ0v) is 65.3. The first-order chi connectivity index (χ1) is 52.9. The number of amides is 9. The molecule has 0 saturated carbocycles. The van der Waals surface area contributed by atoms with E-state index in [9.17, 15) is 72.0 Å². The van der Waals surface area contributed by atoms with Crippen molar-refractivity contribution in [1.29, 1.82) is 0 Å². The Morgan fingerprint density at radius 2 is 1.29 bits per heavy atom. The standard InChI is InChI=1S/C80H113F2N13O17/c1-46(2)23-30-61-75(109)92-79(8,45-96)35-19-15-13-11-10-12-14-16-20-36-80(9,93-76(110)65(40-52-26-29-56(81)57(82)38-52)89-77(111)71(49(6)97)91-74(108)63(37-47(3)4)86-50(7)98)78(112)90-60(32-34-70(104)105)72(106)88-64(39-51-24-27-54(99)28-25-51)73(107)87-62(41-53-43-85-58-22-18-17-21-55(53)58)68(102)44-84-48(5)66(100)42-67(101)59(94-95-61)31-33-69(83)103/h11,13,17-18,21-22,24-29,38,43,45-49,59-65,71,84-85,94-95,97,99H,10,12,14-16,19-20,23,30-37,39-42,44H2,1-9H3,(H2,83,103)(H,86,98)(H,87,107)(H,88,106)(H,89,111)(H,90,112)(H,91,108)(H,92,109)(H,93,110)(H,104,105)/b13-11+/t48-,49+,59-,60-,61-,62-,63-,64-,65-,71-,79-,80+/m0/s1. The van der Waals surface area contributed by atoms with Crippen molar-refractivity contribution >= 4 is 93.7 Å². The molecule has 9 amide bonds. The molecule has 5 rings (SSSR count). The van der Waals surface area contributed by atoms with Gasteiger partial charge in [-0.3, -0.25) is 62.3 Å². The first-order valence-electron chi connectivity index (χ1n) is 38.2. The van der Waals surface area contributed by atoms with Gasteiger partial charge in [0.25, 0.3) is 0 Å². The second-order valence-electron chi connectivity index (χ2n) is 30.3. The fraction of sp³-hybridized carbons (Fsp3) is 0.550. The lowest BCUT2D eigenvalue weighted by atomic mass is 9.91. The van der Waals surface area contributed by atoms with E-state index in [-0.39, 0.29) is 80.9 Å². The molecule has 0 radical (unpaired) electrons. The zero-order valence-electron chi connectivity index (χ0n) is 65.3.